The van der Waals surface area contributed by atoms with Crippen molar-refractivity contribution in [2.75, 3.05) is 18.8 Å². The minimum Gasteiger partial charge on any atom is -0.384 e. The van der Waals surface area contributed by atoms with Gasteiger partial charge in [0.15, 0.2) is 0 Å². The third-order valence-corrected chi connectivity index (χ3v) is 2.13. The summed E-state index contributed by atoms with van der Waals surface area (Å²) in [5.74, 6) is 1.32. The predicted molar refractivity (Wildman–Crippen MR) is 43.2 cm³/mol. The minimum atomic E-state index is 0.582. The van der Waals surface area contributed by atoms with E-state index < -0.39 is 0 Å². The molecule has 0 amide bonds. The number of aryl methyl sites for hydroxylation is 1. The van der Waals surface area contributed by atoms with Crippen LogP contribution in [0.2, 0.25) is 0 Å². The monoisotopic (exact) mass is 152 g/mol. The van der Waals surface area contributed by atoms with Crippen LogP contribution in [0.25, 0.3) is 0 Å². The number of rotatable bonds is 1. The van der Waals surface area contributed by atoms with Crippen molar-refractivity contribution >= 4 is 5.82 Å². The molecule has 1 aromatic rings. The highest BCUT2D eigenvalue weighted by Crippen LogP contribution is 2.19. The van der Waals surface area contributed by atoms with E-state index in [-0.39, 0.29) is 0 Å². The average molecular weight is 152 g/mol. The van der Waals surface area contributed by atoms with E-state index >= 15 is 0 Å². The molecular formula is C7H12N4. The van der Waals surface area contributed by atoms with Crippen LogP contribution >= 0.6 is 0 Å². The third-order valence-electron chi connectivity index (χ3n) is 2.13. The van der Waals surface area contributed by atoms with E-state index in [2.05, 4.69) is 10.4 Å². The van der Waals surface area contributed by atoms with E-state index in [1.807, 2.05) is 13.1 Å². The zero-order valence-corrected chi connectivity index (χ0v) is 6.54. The molecule has 1 aromatic heterocycles. The van der Waals surface area contributed by atoms with Crippen LogP contribution in [0.15, 0.2) is 6.07 Å². The largest absolute Gasteiger partial charge is 0.384 e. The van der Waals surface area contributed by atoms with Gasteiger partial charge in [0.25, 0.3) is 0 Å². The van der Waals surface area contributed by atoms with Gasteiger partial charge in [-0.2, -0.15) is 5.10 Å². The van der Waals surface area contributed by atoms with Gasteiger partial charge in [0.05, 0.1) is 5.69 Å². The van der Waals surface area contributed by atoms with Crippen LogP contribution in [-0.4, -0.2) is 22.9 Å². The molecule has 1 saturated heterocycles. The number of nitrogen functional groups attached to an aromatic ring is 1. The quantitative estimate of drug-likeness (QED) is 0.580. The van der Waals surface area contributed by atoms with Gasteiger partial charge in [-0.25, -0.2) is 0 Å². The number of aromatic nitrogens is 2. The van der Waals surface area contributed by atoms with E-state index in [9.17, 15) is 0 Å². The van der Waals surface area contributed by atoms with Crippen molar-refractivity contribution in [2.24, 2.45) is 7.05 Å². The molecule has 11 heavy (non-hydrogen) atoms. The molecule has 0 radical (unpaired) electrons. The first-order valence-corrected chi connectivity index (χ1v) is 3.77. The molecule has 60 valence electrons. The van der Waals surface area contributed by atoms with E-state index in [4.69, 9.17) is 5.73 Å². The topological polar surface area (TPSA) is 55.9 Å². The van der Waals surface area contributed by atoms with Crippen molar-refractivity contribution in [1.29, 1.82) is 0 Å². The van der Waals surface area contributed by atoms with Crippen molar-refractivity contribution in [1.82, 2.24) is 15.1 Å². The van der Waals surface area contributed by atoms with E-state index in [1.165, 1.54) is 0 Å². The highest BCUT2D eigenvalue weighted by molar-refractivity contribution is 5.32. The van der Waals surface area contributed by atoms with Crippen LogP contribution in [0, 0.1) is 0 Å². The van der Waals surface area contributed by atoms with Gasteiger partial charge >= 0.3 is 0 Å². The van der Waals surface area contributed by atoms with Gasteiger partial charge in [-0.1, -0.05) is 0 Å². The van der Waals surface area contributed by atoms with Gasteiger partial charge in [-0.3, -0.25) is 4.68 Å². The highest BCUT2D eigenvalue weighted by Gasteiger charge is 2.21. The fourth-order valence-electron chi connectivity index (χ4n) is 1.20. The van der Waals surface area contributed by atoms with E-state index in [0.717, 1.165) is 24.6 Å². The summed E-state index contributed by atoms with van der Waals surface area (Å²) in [4.78, 5) is 0. The lowest BCUT2D eigenvalue weighted by Crippen LogP contribution is -2.40. The zero-order chi connectivity index (χ0) is 7.84. The predicted octanol–water partition coefficient (Wildman–Crippen LogP) is -0.311. The molecule has 0 atom stereocenters. The molecule has 2 rings (SSSR count). The molecule has 1 fully saturated rings. The number of nitrogens with zero attached hydrogens (tertiary/aromatic N) is 2. The molecular weight excluding hydrogens is 140 g/mol. The fraction of sp³-hybridized carbons (Fsp3) is 0.571. The smallest absolute Gasteiger partial charge is 0.121 e. The van der Waals surface area contributed by atoms with Crippen molar-refractivity contribution < 1.29 is 0 Å². The molecule has 0 aromatic carbocycles. The summed E-state index contributed by atoms with van der Waals surface area (Å²) < 4.78 is 1.72. The number of hydrogen-bond acceptors (Lipinski definition) is 3. The molecule has 4 nitrogen and oxygen atoms in total. The van der Waals surface area contributed by atoms with Gasteiger partial charge in [0.2, 0.25) is 0 Å². The van der Waals surface area contributed by atoms with Gasteiger partial charge in [0, 0.05) is 32.1 Å². The summed E-state index contributed by atoms with van der Waals surface area (Å²) in [6.07, 6.45) is 0. The van der Waals surface area contributed by atoms with E-state index in [1.54, 1.807) is 4.68 Å². The van der Waals surface area contributed by atoms with E-state index in [0.29, 0.717) is 5.92 Å². The molecule has 0 aliphatic carbocycles. The number of nitrogens with two attached hydrogens (primary N) is 1. The lowest BCUT2D eigenvalue weighted by Gasteiger charge is -2.24. The van der Waals surface area contributed by atoms with Crippen LogP contribution in [0.1, 0.15) is 11.6 Å². The van der Waals surface area contributed by atoms with Crippen molar-refractivity contribution in [3.05, 3.63) is 11.8 Å². The van der Waals surface area contributed by atoms with Gasteiger partial charge in [-0.05, 0) is 0 Å². The Bertz CT molecular complexity index is 242. The molecule has 1 aliphatic rings. The molecule has 1 aliphatic heterocycles. The first-order valence-electron chi connectivity index (χ1n) is 3.77. The van der Waals surface area contributed by atoms with Crippen LogP contribution in [0.3, 0.4) is 0 Å². The van der Waals surface area contributed by atoms with Crippen LogP contribution in [-0.2, 0) is 7.05 Å². The van der Waals surface area contributed by atoms with Gasteiger partial charge < -0.3 is 11.1 Å². The molecule has 2 heterocycles. The average Bonchev–Trinajstić information content (AvgIpc) is 2.08. The normalized spacial score (nSPS) is 18.3. The Hall–Kier alpha value is -1.03. The van der Waals surface area contributed by atoms with Gasteiger partial charge in [-0.15, -0.1) is 0 Å². The second-order valence-corrected chi connectivity index (χ2v) is 2.97. The Labute approximate surface area is 65.4 Å². The van der Waals surface area contributed by atoms with Crippen molar-refractivity contribution in [3.63, 3.8) is 0 Å². The first kappa shape index (κ1) is 6.67. The molecule has 0 spiro atoms. The Morgan fingerprint density at radius 2 is 2.45 bits per heavy atom. The summed E-state index contributed by atoms with van der Waals surface area (Å²) >= 11 is 0. The van der Waals surface area contributed by atoms with Crippen molar-refractivity contribution in [3.8, 4) is 0 Å². The highest BCUT2D eigenvalue weighted by atomic mass is 15.3. The Morgan fingerprint density at radius 3 is 2.82 bits per heavy atom. The number of hydrogen-bond donors (Lipinski definition) is 2. The fourth-order valence-corrected chi connectivity index (χ4v) is 1.20. The second-order valence-electron chi connectivity index (χ2n) is 2.97. The maximum Gasteiger partial charge on any atom is 0.121 e. The first-order chi connectivity index (χ1) is 5.27. The SMILES string of the molecule is Cn1nc(C2CNC2)cc1N. The summed E-state index contributed by atoms with van der Waals surface area (Å²) in [7, 11) is 1.87. The second kappa shape index (κ2) is 2.23. The maximum absolute atomic E-state index is 5.64. The maximum atomic E-state index is 5.64. The third kappa shape index (κ3) is 0.991. The van der Waals surface area contributed by atoms with Crippen LogP contribution in [0.5, 0.6) is 0 Å². The Kier molecular flexibility index (Phi) is 1.35. The van der Waals surface area contributed by atoms with Crippen molar-refractivity contribution in [2.45, 2.75) is 5.92 Å². The number of anilines is 1. The minimum absolute atomic E-state index is 0.582. The Morgan fingerprint density at radius 1 is 1.73 bits per heavy atom. The molecule has 4 heteroatoms. The molecule has 3 N–H and O–H groups in total. The number of nitrogens with one attached hydrogen (secondary N) is 1. The summed E-state index contributed by atoms with van der Waals surface area (Å²) in [5, 5.41) is 7.48. The summed E-state index contributed by atoms with van der Waals surface area (Å²) in [5.41, 5.74) is 6.75. The summed E-state index contributed by atoms with van der Waals surface area (Å²) in [6, 6.07) is 1.95. The zero-order valence-electron chi connectivity index (χ0n) is 6.54. The molecule has 0 unspecified atom stereocenters. The standard InChI is InChI=1S/C7H12N4/c1-11-7(8)2-6(10-11)5-3-9-4-5/h2,5,9H,3-4,8H2,1H3. The molecule has 0 saturated carbocycles. The Balaban J connectivity index is 2.24. The lowest BCUT2D eigenvalue weighted by molar-refractivity contribution is 0.436. The molecule has 0 bridgehead atoms. The van der Waals surface area contributed by atoms with Gasteiger partial charge in [0.1, 0.15) is 5.82 Å². The lowest BCUT2D eigenvalue weighted by atomic mass is 10.00. The van der Waals surface area contributed by atoms with Crippen LogP contribution < -0.4 is 11.1 Å². The summed E-state index contributed by atoms with van der Waals surface area (Å²) in [6.45, 7) is 2.08. The van der Waals surface area contributed by atoms with Crippen LogP contribution in [0.4, 0.5) is 5.82 Å².